The van der Waals surface area contributed by atoms with Gasteiger partial charge in [-0.1, -0.05) is 23.8 Å². The van der Waals surface area contributed by atoms with E-state index in [1.807, 2.05) is 75.4 Å². The van der Waals surface area contributed by atoms with E-state index in [9.17, 15) is 4.79 Å². The molecule has 0 bridgehead atoms. The van der Waals surface area contributed by atoms with E-state index in [1.54, 1.807) is 0 Å². The lowest BCUT2D eigenvalue weighted by molar-refractivity contribution is -0.118. The van der Waals surface area contributed by atoms with E-state index in [0.29, 0.717) is 5.75 Å². The Morgan fingerprint density at radius 3 is 2.67 bits per heavy atom. The van der Waals surface area contributed by atoms with Crippen molar-refractivity contribution in [2.75, 3.05) is 11.9 Å². The van der Waals surface area contributed by atoms with Crippen LogP contribution in [0.15, 0.2) is 48.5 Å². The Hall–Kier alpha value is -2.75. The van der Waals surface area contributed by atoms with Gasteiger partial charge in [0.1, 0.15) is 17.1 Å². The van der Waals surface area contributed by atoms with E-state index in [1.165, 1.54) is 0 Å². The van der Waals surface area contributed by atoms with Crippen molar-refractivity contribution in [1.29, 1.82) is 0 Å². The fourth-order valence-corrected chi connectivity index (χ4v) is 2.42. The number of carbonyl (C=O) groups excluding carboxylic acids is 1. The molecule has 0 saturated carbocycles. The highest BCUT2D eigenvalue weighted by Crippen LogP contribution is 2.33. The Morgan fingerprint density at radius 2 is 1.92 bits per heavy atom. The number of fused-ring (bicyclic) bond motifs is 1. The Bertz CT molecular complexity index is 776. The molecule has 0 radical (unpaired) electrons. The molecule has 1 N–H and O–H groups in total. The highest BCUT2D eigenvalue weighted by Gasteiger charge is 2.21. The largest absolute Gasteiger partial charge is 0.484 e. The van der Waals surface area contributed by atoms with Gasteiger partial charge < -0.3 is 14.8 Å². The SMILES string of the molecule is Cc1ccc(NC(=O)COc2ccc3c(c2)OC(C)(C)C=C3)cc1. The van der Waals surface area contributed by atoms with E-state index in [4.69, 9.17) is 9.47 Å². The van der Waals surface area contributed by atoms with Crippen LogP contribution in [0.5, 0.6) is 11.5 Å². The van der Waals surface area contributed by atoms with Crippen LogP contribution in [-0.2, 0) is 4.79 Å². The number of benzene rings is 2. The van der Waals surface area contributed by atoms with Gasteiger partial charge in [-0.05, 0) is 51.1 Å². The highest BCUT2D eigenvalue weighted by molar-refractivity contribution is 5.91. The molecule has 1 aliphatic rings. The second-order valence-corrected chi connectivity index (χ2v) is 6.44. The number of nitrogens with one attached hydrogen (secondary N) is 1. The van der Waals surface area contributed by atoms with Crippen LogP contribution in [0.2, 0.25) is 0 Å². The Labute approximate surface area is 142 Å². The fourth-order valence-electron chi connectivity index (χ4n) is 2.42. The molecule has 0 aliphatic carbocycles. The summed E-state index contributed by atoms with van der Waals surface area (Å²) in [6.07, 6.45) is 4.05. The number of aryl methyl sites for hydroxylation is 1. The van der Waals surface area contributed by atoms with Crippen molar-refractivity contribution in [2.24, 2.45) is 0 Å². The van der Waals surface area contributed by atoms with Crippen molar-refractivity contribution < 1.29 is 14.3 Å². The van der Waals surface area contributed by atoms with E-state index in [-0.39, 0.29) is 18.1 Å². The molecule has 1 amide bonds. The smallest absolute Gasteiger partial charge is 0.262 e. The summed E-state index contributed by atoms with van der Waals surface area (Å²) in [5.41, 5.74) is 2.57. The van der Waals surface area contributed by atoms with Crippen LogP contribution in [0, 0.1) is 6.92 Å². The summed E-state index contributed by atoms with van der Waals surface area (Å²) in [7, 11) is 0. The van der Waals surface area contributed by atoms with Crippen LogP contribution >= 0.6 is 0 Å². The molecule has 24 heavy (non-hydrogen) atoms. The molecule has 1 heterocycles. The third-order valence-electron chi connectivity index (χ3n) is 3.73. The number of hydrogen-bond donors (Lipinski definition) is 1. The van der Waals surface area contributed by atoms with Crippen LogP contribution in [0.3, 0.4) is 0 Å². The average molecular weight is 323 g/mol. The summed E-state index contributed by atoms with van der Waals surface area (Å²) in [4.78, 5) is 12.0. The van der Waals surface area contributed by atoms with Gasteiger partial charge in [-0.25, -0.2) is 0 Å². The van der Waals surface area contributed by atoms with Crippen molar-refractivity contribution in [2.45, 2.75) is 26.4 Å². The summed E-state index contributed by atoms with van der Waals surface area (Å²) in [6, 6.07) is 13.2. The molecular formula is C20H21NO3. The Balaban J connectivity index is 1.60. The van der Waals surface area contributed by atoms with Gasteiger partial charge in [0.2, 0.25) is 0 Å². The molecule has 3 rings (SSSR count). The van der Waals surface area contributed by atoms with Gasteiger partial charge in [-0.2, -0.15) is 0 Å². The van der Waals surface area contributed by atoms with Gasteiger partial charge in [0.05, 0.1) is 0 Å². The van der Waals surface area contributed by atoms with Gasteiger partial charge in [-0.15, -0.1) is 0 Å². The van der Waals surface area contributed by atoms with Crippen LogP contribution in [-0.4, -0.2) is 18.1 Å². The monoisotopic (exact) mass is 323 g/mol. The molecule has 0 unspecified atom stereocenters. The lowest BCUT2D eigenvalue weighted by Gasteiger charge is -2.28. The number of anilines is 1. The molecule has 0 spiro atoms. The molecule has 4 nitrogen and oxygen atoms in total. The van der Waals surface area contributed by atoms with Crippen molar-refractivity contribution >= 4 is 17.7 Å². The Kier molecular flexibility index (Phi) is 4.30. The number of rotatable bonds is 4. The first-order valence-electron chi connectivity index (χ1n) is 7.93. The maximum Gasteiger partial charge on any atom is 0.262 e. The predicted molar refractivity (Wildman–Crippen MR) is 95.5 cm³/mol. The minimum atomic E-state index is -0.339. The summed E-state index contributed by atoms with van der Waals surface area (Å²) in [6.45, 7) is 5.94. The summed E-state index contributed by atoms with van der Waals surface area (Å²) in [5.74, 6) is 1.18. The van der Waals surface area contributed by atoms with Crippen LogP contribution in [0.1, 0.15) is 25.0 Å². The zero-order valence-corrected chi connectivity index (χ0v) is 14.1. The molecule has 2 aromatic rings. The predicted octanol–water partition coefficient (Wildman–Crippen LogP) is 4.20. The first-order chi connectivity index (χ1) is 11.4. The average Bonchev–Trinajstić information content (AvgIpc) is 2.54. The van der Waals surface area contributed by atoms with Crippen molar-refractivity contribution in [3.05, 3.63) is 59.7 Å². The molecule has 0 fully saturated rings. The second kappa shape index (κ2) is 6.40. The maximum absolute atomic E-state index is 12.0. The minimum absolute atomic E-state index is 0.0497. The zero-order valence-electron chi connectivity index (χ0n) is 14.1. The number of hydrogen-bond acceptors (Lipinski definition) is 3. The van der Waals surface area contributed by atoms with Crippen molar-refractivity contribution in [1.82, 2.24) is 0 Å². The lowest BCUT2D eigenvalue weighted by Crippen LogP contribution is -2.27. The first kappa shape index (κ1) is 16.1. The van der Waals surface area contributed by atoms with Gasteiger partial charge >= 0.3 is 0 Å². The molecule has 124 valence electrons. The molecule has 0 saturated heterocycles. The molecular weight excluding hydrogens is 302 g/mol. The van der Waals surface area contributed by atoms with E-state index >= 15 is 0 Å². The van der Waals surface area contributed by atoms with Gasteiger partial charge in [-0.3, -0.25) is 4.79 Å². The third kappa shape index (κ3) is 3.96. The summed E-state index contributed by atoms with van der Waals surface area (Å²) >= 11 is 0. The van der Waals surface area contributed by atoms with Gasteiger partial charge in [0.25, 0.3) is 5.91 Å². The molecule has 0 aromatic heterocycles. The maximum atomic E-state index is 12.0. The summed E-state index contributed by atoms with van der Waals surface area (Å²) < 4.78 is 11.5. The zero-order chi connectivity index (χ0) is 17.2. The van der Waals surface area contributed by atoms with Gasteiger partial charge in [0.15, 0.2) is 6.61 Å². The van der Waals surface area contributed by atoms with E-state index < -0.39 is 0 Å². The van der Waals surface area contributed by atoms with Crippen LogP contribution in [0.4, 0.5) is 5.69 Å². The minimum Gasteiger partial charge on any atom is -0.484 e. The lowest BCUT2D eigenvalue weighted by atomic mass is 10.0. The molecule has 0 atom stereocenters. The van der Waals surface area contributed by atoms with Crippen LogP contribution < -0.4 is 14.8 Å². The highest BCUT2D eigenvalue weighted by atomic mass is 16.5. The number of ether oxygens (including phenoxy) is 2. The third-order valence-corrected chi connectivity index (χ3v) is 3.73. The molecule has 4 heteroatoms. The Morgan fingerprint density at radius 1 is 1.17 bits per heavy atom. The molecule has 2 aromatic carbocycles. The normalized spacial score (nSPS) is 14.5. The first-order valence-corrected chi connectivity index (χ1v) is 7.93. The van der Waals surface area contributed by atoms with E-state index in [2.05, 4.69) is 5.32 Å². The summed E-state index contributed by atoms with van der Waals surface area (Å²) in [5, 5.41) is 2.81. The quantitative estimate of drug-likeness (QED) is 0.917. The van der Waals surface area contributed by atoms with Crippen molar-refractivity contribution in [3.8, 4) is 11.5 Å². The standard InChI is InChI=1S/C20H21NO3/c1-14-4-7-16(8-5-14)21-19(22)13-23-17-9-6-15-10-11-20(2,3)24-18(15)12-17/h4-12H,13H2,1-3H3,(H,21,22). The van der Waals surface area contributed by atoms with Crippen molar-refractivity contribution in [3.63, 3.8) is 0 Å². The topological polar surface area (TPSA) is 47.6 Å². The van der Waals surface area contributed by atoms with E-state index in [0.717, 1.165) is 22.6 Å². The molecule has 1 aliphatic heterocycles. The van der Waals surface area contributed by atoms with Crippen LogP contribution in [0.25, 0.3) is 6.08 Å². The second-order valence-electron chi connectivity index (χ2n) is 6.44. The number of amides is 1. The number of carbonyl (C=O) groups is 1. The van der Waals surface area contributed by atoms with Gasteiger partial charge in [0, 0.05) is 17.3 Å². The fraction of sp³-hybridized carbons (Fsp3) is 0.250.